The highest BCUT2D eigenvalue weighted by Gasteiger charge is 2.25. The average Bonchev–Trinajstić information content (AvgIpc) is 2.64. The molecular weight excluding hydrogens is 442 g/mol. The van der Waals surface area contributed by atoms with Crippen LogP contribution in [0.3, 0.4) is 0 Å². The molecule has 3 rings (SSSR count). The summed E-state index contributed by atoms with van der Waals surface area (Å²) in [6, 6.07) is 9.24. The molecule has 0 amide bonds. The lowest BCUT2D eigenvalue weighted by Gasteiger charge is -2.25. The van der Waals surface area contributed by atoms with Gasteiger partial charge in [0.15, 0.2) is 5.75 Å². The Kier molecular flexibility index (Phi) is 5.96. The van der Waals surface area contributed by atoms with Crippen LogP contribution in [-0.2, 0) is 10.0 Å². The van der Waals surface area contributed by atoms with Gasteiger partial charge in [-0.25, -0.2) is 8.42 Å². The molecule has 2 aromatic carbocycles. The predicted octanol–water partition coefficient (Wildman–Crippen LogP) is 5.40. The van der Waals surface area contributed by atoms with Crippen LogP contribution in [0.5, 0.6) is 5.75 Å². The predicted molar refractivity (Wildman–Crippen MR) is 104 cm³/mol. The van der Waals surface area contributed by atoms with Gasteiger partial charge in [0, 0.05) is 18.1 Å². The van der Waals surface area contributed by atoms with E-state index in [-0.39, 0.29) is 16.3 Å². The van der Waals surface area contributed by atoms with Gasteiger partial charge in [0.25, 0.3) is 0 Å². The second-order valence-corrected chi connectivity index (χ2v) is 9.14. The Hall–Kier alpha value is -1.48. The quantitative estimate of drug-likeness (QED) is 0.623. The molecule has 2 aromatic rings. The van der Waals surface area contributed by atoms with Crippen LogP contribution in [0, 0.1) is 0 Å². The molecule has 1 aliphatic heterocycles. The normalized spacial score (nSPS) is 16.2. The third kappa shape index (κ3) is 4.25. The number of phenolic OH excluding ortho intramolecular Hbond substituents is 1. The maximum atomic E-state index is 12.6. The molecule has 0 radical (unpaired) electrons. The standard InChI is InChI=1S/C17H17BrClN3O3S/c18-15-10-12(19)11-16(17(15)23)21-20-13-4-6-14(7-5-13)26(24,25)22-8-2-1-3-9-22/h4-7,10-11,23H,1-3,8-9H2. The molecular formula is C17H17BrClN3O3S. The minimum atomic E-state index is -3.47. The number of nitrogens with zero attached hydrogens (tertiary/aromatic N) is 3. The van der Waals surface area contributed by atoms with Gasteiger partial charge in [0.2, 0.25) is 10.0 Å². The Morgan fingerprint density at radius 1 is 1.04 bits per heavy atom. The van der Waals surface area contributed by atoms with Crippen LogP contribution in [0.15, 0.2) is 56.0 Å². The highest BCUT2D eigenvalue weighted by Crippen LogP contribution is 2.38. The summed E-state index contributed by atoms with van der Waals surface area (Å²) >= 11 is 9.12. The molecule has 9 heteroatoms. The first-order valence-corrected chi connectivity index (χ1v) is 10.7. The number of phenols is 1. The number of halogens is 2. The van der Waals surface area contributed by atoms with Crippen molar-refractivity contribution < 1.29 is 13.5 Å². The first-order valence-electron chi connectivity index (χ1n) is 8.08. The second kappa shape index (κ2) is 8.04. The van der Waals surface area contributed by atoms with E-state index < -0.39 is 10.0 Å². The van der Waals surface area contributed by atoms with Crippen molar-refractivity contribution >= 4 is 48.9 Å². The van der Waals surface area contributed by atoms with Crippen LogP contribution in [0.25, 0.3) is 0 Å². The van der Waals surface area contributed by atoms with Crippen LogP contribution >= 0.6 is 27.5 Å². The van der Waals surface area contributed by atoms with E-state index in [0.29, 0.717) is 28.3 Å². The van der Waals surface area contributed by atoms with Gasteiger partial charge in [-0.3, -0.25) is 0 Å². The first-order chi connectivity index (χ1) is 12.4. The molecule has 138 valence electrons. The maximum Gasteiger partial charge on any atom is 0.243 e. The molecule has 0 saturated carbocycles. The van der Waals surface area contributed by atoms with E-state index in [0.717, 1.165) is 19.3 Å². The van der Waals surface area contributed by atoms with Gasteiger partial charge < -0.3 is 5.11 Å². The molecule has 1 aliphatic rings. The van der Waals surface area contributed by atoms with Crippen molar-refractivity contribution in [2.24, 2.45) is 10.2 Å². The third-order valence-electron chi connectivity index (χ3n) is 4.07. The summed E-state index contributed by atoms with van der Waals surface area (Å²) in [6.07, 6.45) is 2.85. The maximum absolute atomic E-state index is 12.6. The molecule has 6 nitrogen and oxygen atoms in total. The van der Waals surface area contributed by atoms with Gasteiger partial charge in [-0.1, -0.05) is 18.0 Å². The topological polar surface area (TPSA) is 82.3 Å². The van der Waals surface area contributed by atoms with Crippen molar-refractivity contribution in [2.75, 3.05) is 13.1 Å². The van der Waals surface area contributed by atoms with Crippen molar-refractivity contribution in [1.82, 2.24) is 4.31 Å². The lowest BCUT2D eigenvalue weighted by Crippen LogP contribution is -2.35. The van der Waals surface area contributed by atoms with Crippen LogP contribution in [0.1, 0.15) is 19.3 Å². The molecule has 1 N–H and O–H groups in total. The molecule has 0 aliphatic carbocycles. The smallest absolute Gasteiger partial charge is 0.243 e. The van der Waals surface area contributed by atoms with Crippen LogP contribution in [0.2, 0.25) is 5.02 Å². The summed E-state index contributed by atoms with van der Waals surface area (Å²) in [5, 5.41) is 18.4. The van der Waals surface area contributed by atoms with Gasteiger partial charge in [0.05, 0.1) is 15.1 Å². The van der Waals surface area contributed by atoms with Crippen LogP contribution < -0.4 is 0 Å². The highest BCUT2D eigenvalue weighted by atomic mass is 79.9. The molecule has 0 aromatic heterocycles. The van der Waals surface area contributed by atoms with E-state index in [1.165, 1.54) is 22.5 Å². The lowest BCUT2D eigenvalue weighted by molar-refractivity contribution is 0.346. The Labute approximate surface area is 165 Å². The molecule has 0 spiro atoms. The SMILES string of the molecule is O=S(=O)(c1ccc(N=Nc2cc(Cl)cc(Br)c2O)cc1)N1CCCCC1. The molecule has 0 unspecified atom stereocenters. The number of aromatic hydroxyl groups is 1. The monoisotopic (exact) mass is 457 g/mol. The van der Waals surface area contributed by atoms with E-state index >= 15 is 0 Å². The van der Waals surface area contributed by atoms with Gasteiger partial charge in [-0.05, 0) is 65.2 Å². The van der Waals surface area contributed by atoms with Crippen molar-refractivity contribution in [3.63, 3.8) is 0 Å². The molecule has 1 heterocycles. The second-order valence-electron chi connectivity index (χ2n) is 5.91. The largest absolute Gasteiger partial charge is 0.505 e. The number of benzene rings is 2. The number of hydrogen-bond donors (Lipinski definition) is 1. The fourth-order valence-electron chi connectivity index (χ4n) is 2.68. The number of rotatable bonds is 4. The summed E-state index contributed by atoms with van der Waals surface area (Å²) < 4.78 is 27.2. The molecule has 0 bridgehead atoms. The molecule has 1 fully saturated rings. The van der Waals surface area contributed by atoms with Crippen molar-refractivity contribution in [2.45, 2.75) is 24.2 Å². The van der Waals surface area contributed by atoms with E-state index in [1.54, 1.807) is 18.2 Å². The fourth-order valence-corrected chi connectivity index (χ4v) is 4.99. The van der Waals surface area contributed by atoms with Gasteiger partial charge >= 0.3 is 0 Å². The third-order valence-corrected chi connectivity index (χ3v) is 6.81. The summed E-state index contributed by atoms with van der Waals surface area (Å²) in [7, 11) is -3.47. The zero-order valence-electron chi connectivity index (χ0n) is 13.8. The summed E-state index contributed by atoms with van der Waals surface area (Å²) in [4.78, 5) is 0.242. The Bertz CT molecular complexity index is 927. The average molecular weight is 459 g/mol. The van der Waals surface area contributed by atoms with E-state index in [2.05, 4.69) is 26.2 Å². The summed E-state index contributed by atoms with van der Waals surface area (Å²) in [5.41, 5.74) is 0.687. The first kappa shape index (κ1) is 19.3. The molecule has 0 atom stereocenters. The Morgan fingerprint density at radius 3 is 2.35 bits per heavy atom. The van der Waals surface area contributed by atoms with Gasteiger partial charge in [-0.2, -0.15) is 9.42 Å². The fraction of sp³-hybridized carbons (Fsp3) is 0.294. The van der Waals surface area contributed by atoms with Crippen molar-refractivity contribution in [3.05, 3.63) is 45.9 Å². The number of hydrogen-bond acceptors (Lipinski definition) is 5. The zero-order valence-corrected chi connectivity index (χ0v) is 16.9. The Balaban J connectivity index is 1.80. The lowest BCUT2D eigenvalue weighted by atomic mass is 10.2. The minimum Gasteiger partial charge on any atom is -0.505 e. The van der Waals surface area contributed by atoms with Crippen LogP contribution in [0.4, 0.5) is 11.4 Å². The van der Waals surface area contributed by atoms with E-state index in [9.17, 15) is 13.5 Å². The van der Waals surface area contributed by atoms with Crippen molar-refractivity contribution in [1.29, 1.82) is 0 Å². The zero-order chi connectivity index (χ0) is 18.7. The number of sulfonamides is 1. The number of piperidine rings is 1. The van der Waals surface area contributed by atoms with Crippen molar-refractivity contribution in [3.8, 4) is 5.75 Å². The molecule has 1 saturated heterocycles. The molecule has 26 heavy (non-hydrogen) atoms. The highest BCUT2D eigenvalue weighted by molar-refractivity contribution is 9.10. The van der Waals surface area contributed by atoms with E-state index in [1.807, 2.05) is 0 Å². The summed E-state index contributed by atoms with van der Waals surface area (Å²) in [5.74, 6) is -0.0672. The summed E-state index contributed by atoms with van der Waals surface area (Å²) in [6.45, 7) is 1.12. The van der Waals surface area contributed by atoms with Gasteiger partial charge in [-0.15, -0.1) is 5.11 Å². The number of azo groups is 1. The minimum absolute atomic E-state index is 0.0672. The van der Waals surface area contributed by atoms with E-state index in [4.69, 9.17) is 11.6 Å². The Morgan fingerprint density at radius 2 is 1.69 bits per heavy atom. The van der Waals surface area contributed by atoms with Crippen LogP contribution in [-0.4, -0.2) is 30.9 Å². The van der Waals surface area contributed by atoms with Gasteiger partial charge in [0.1, 0.15) is 5.69 Å².